The van der Waals surface area contributed by atoms with E-state index < -0.39 is 29.6 Å². The molecular formula is C17H13ClF3N7O2. The first-order valence-corrected chi connectivity index (χ1v) is 8.67. The Kier molecular flexibility index (Phi) is 5.69. The van der Waals surface area contributed by atoms with Gasteiger partial charge in [0.05, 0.1) is 11.6 Å². The molecule has 0 aliphatic rings. The fourth-order valence-corrected chi connectivity index (χ4v) is 2.72. The van der Waals surface area contributed by atoms with E-state index in [4.69, 9.17) is 17.3 Å². The molecule has 3 aromatic rings. The number of benzene rings is 1. The van der Waals surface area contributed by atoms with Gasteiger partial charge in [-0.15, -0.1) is 5.10 Å². The lowest BCUT2D eigenvalue weighted by Gasteiger charge is -2.15. The van der Waals surface area contributed by atoms with Crippen molar-refractivity contribution in [3.8, 4) is 5.95 Å². The van der Waals surface area contributed by atoms with Gasteiger partial charge in [0.15, 0.2) is 5.82 Å². The van der Waals surface area contributed by atoms with E-state index in [0.29, 0.717) is 12.1 Å². The zero-order valence-electron chi connectivity index (χ0n) is 15.2. The summed E-state index contributed by atoms with van der Waals surface area (Å²) in [5, 5.41) is 6.16. The first kappa shape index (κ1) is 21.2. The third-order valence-corrected chi connectivity index (χ3v) is 4.03. The summed E-state index contributed by atoms with van der Waals surface area (Å²) in [4.78, 5) is 36.0. The number of aromatic nitrogens is 5. The Hall–Kier alpha value is -3.54. The highest BCUT2D eigenvalue weighted by Gasteiger charge is 2.32. The van der Waals surface area contributed by atoms with Gasteiger partial charge in [-0.2, -0.15) is 17.9 Å². The predicted molar refractivity (Wildman–Crippen MR) is 97.8 cm³/mol. The van der Waals surface area contributed by atoms with Crippen molar-refractivity contribution in [1.82, 2.24) is 30.0 Å². The number of nitrogens with one attached hydrogen (secondary N) is 1. The van der Waals surface area contributed by atoms with E-state index in [-0.39, 0.29) is 28.2 Å². The van der Waals surface area contributed by atoms with Gasteiger partial charge in [-0.05, 0) is 31.2 Å². The molecular weight excluding hydrogens is 427 g/mol. The van der Waals surface area contributed by atoms with Gasteiger partial charge in [0.2, 0.25) is 5.82 Å². The maximum absolute atomic E-state index is 13.0. The topological polar surface area (TPSA) is 129 Å². The van der Waals surface area contributed by atoms with Crippen molar-refractivity contribution < 1.29 is 22.8 Å². The number of nitrogens with two attached hydrogens (primary N) is 1. The van der Waals surface area contributed by atoms with Gasteiger partial charge >= 0.3 is 6.18 Å². The highest BCUT2D eigenvalue weighted by atomic mass is 35.5. The predicted octanol–water partition coefficient (Wildman–Crippen LogP) is 2.32. The van der Waals surface area contributed by atoms with E-state index in [1.807, 2.05) is 0 Å². The average molecular weight is 440 g/mol. The summed E-state index contributed by atoms with van der Waals surface area (Å²) in [6.07, 6.45) is -1.83. The molecule has 0 spiro atoms. The number of hydrogen-bond donors (Lipinski definition) is 2. The molecule has 30 heavy (non-hydrogen) atoms. The zero-order valence-corrected chi connectivity index (χ0v) is 15.9. The Morgan fingerprint density at radius 2 is 1.87 bits per heavy atom. The van der Waals surface area contributed by atoms with Crippen LogP contribution in [-0.2, 0) is 6.18 Å². The van der Waals surface area contributed by atoms with Crippen LogP contribution in [0.3, 0.4) is 0 Å². The number of alkyl halides is 3. The Bertz CT molecular complexity index is 1100. The van der Waals surface area contributed by atoms with Gasteiger partial charge in [0.1, 0.15) is 0 Å². The second kappa shape index (κ2) is 8.06. The van der Waals surface area contributed by atoms with E-state index in [0.717, 1.165) is 10.7 Å². The molecule has 1 atom stereocenters. The number of carbonyl (C=O) groups is 2. The third-order valence-electron chi connectivity index (χ3n) is 3.82. The molecule has 0 radical (unpaired) electrons. The lowest BCUT2D eigenvalue weighted by molar-refractivity contribution is -0.137. The fourth-order valence-electron chi connectivity index (χ4n) is 2.49. The van der Waals surface area contributed by atoms with Gasteiger partial charge < -0.3 is 11.1 Å². The van der Waals surface area contributed by atoms with Gasteiger partial charge in [-0.1, -0.05) is 11.6 Å². The maximum Gasteiger partial charge on any atom is 0.416 e. The molecule has 13 heteroatoms. The monoisotopic (exact) mass is 439 g/mol. The fraction of sp³-hybridized carbons (Fsp3) is 0.176. The molecule has 0 aliphatic carbocycles. The molecule has 0 saturated heterocycles. The summed E-state index contributed by atoms with van der Waals surface area (Å²) in [5.41, 5.74) is 3.84. The van der Waals surface area contributed by atoms with Crippen LogP contribution >= 0.6 is 11.6 Å². The second-order valence-electron chi connectivity index (χ2n) is 6.04. The van der Waals surface area contributed by atoms with Crippen molar-refractivity contribution in [3.63, 3.8) is 0 Å². The quantitative estimate of drug-likeness (QED) is 0.627. The largest absolute Gasteiger partial charge is 0.416 e. The van der Waals surface area contributed by atoms with Crippen LogP contribution in [0, 0.1) is 0 Å². The van der Waals surface area contributed by atoms with E-state index in [1.54, 1.807) is 6.07 Å². The standard InChI is InChI=1S/C17H13ClF3N7O2/c1-8(25-15(30)9-5-10(17(19,20)21)7-11(18)6-9)14-26-13(12(22)29)27-28(14)16-23-3-2-4-24-16/h2-8H,1H3,(H2,22,29)(H,25,30). The Morgan fingerprint density at radius 1 is 1.20 bits per heavy atom. The number of amides is 2. The summed E-state index contributed by atoms with van der Waals surface area (Å²) >= 11 is 5.72. The molecule has 2 aromatic heterocycles. The van der Waals surface area contributed by atoms with Crippen LogP contribution in [0.1, 0.15) is 45.3 Å². The van der Waals surface area contributed by atoms with Crippen molar-refractivity contribution in [3.05, 3.63) is 64.5 Å². The molecule has 3 N–H and O–H groups in total. The van der Waals surface area contributed by atoms with Gasteiger partial charge in [0, 0.05) is 23.0 Å². The molecule has 1 aromatic carbocycles. The van der Waals surface area contributed by atoms with Crippen LogP contribution < -0.4 is 11.1 Å². The minimum Gasteiger partial charge on any atom is -0.363 e. The minimum absolute atomic E-state index is 0.0430. The number of primary amides is 1. The lowest BCUT2D eigenvalue weighted by Crippen LogP contribution is -2.29. The number of rotatable bonds is 5. The lowest BCUT2D eigenvalue weighted by atomic mass is 10.1. The normalized spacial score (nSPS) is 12.4. The molecule has 0 bridgehead atoms. The second-order valence-corrected chi connectivity index (χ2v) is 6.48. The van der Waals surface area contributed by atoms with Crippen molar-refractivity contribution in [2.24, 2.45) is 5.73 Å². The highest BCUT2D eigenvalue weighted by Crippen LogP contribution is 2.32. The number of halogens is 4. The van der Waals surface area contributed by atoms with Gasteiger partial charge in [0.25, 0.3) is 17.8 Å². The molecule has 0 saturated carbocycles. The highest BCUT2D eigenvalue weighted by molar-refractivity contribution is 6.31. The molecule has 1 unspecified atom stereocenters. The van der Waals surface area contributed by atoms with E-state index in [1.165, 1.54) is 19.3 Å². The van der Waals surface area contributed by atoms with Crippen LogP contribution in [0.4, 0.5) is 13.2 Å². The SMILES string of the molecule is CC(NC(=O)c1cc(Cl)cc(C(F)(F)F)c1)c1nc(C(N)=O)nn1-c1ncccn1. The van der Waals surface area contributed by atoms with Crippen molar-refractivity contribution >= 4 is 23.4 Å². The van der Waals surface area contributed by atoms with Crippen LogP contribution in [0.5, 0.6) is 0 Å². The molecule has 3 rings (SSSR count). The van der Waals surface area contributed by atoms with Gasteiger partial charge in [-0.25, -0.2) is 15.0 Å². The van der Waals surface area contributed by atoms with Crippen LogP contribution in [0.2, 0.25) is 5.02 Å². The molecule has 156 valence electrons. The molecule has 2 amide bonds. The smallest absolute Gasteiger partial charge is 0.363 e. The zero-order chi connectivity index (χ0) is 22.1. The number of nitrogens with zero attached hydrogens (tertiary/aromatic N) is 5. The van der Waals surface area contributed by atoms with Crippen molar-refractivity contribution in [1.29, 1.82) is 0 Å². The summed E-state index contributed by atoms with van der Waals surface area (Å²) in [6, 6.07) is 3.13. The Morgan fingerprint density at radius 3 is 2.47 bits per heavy atom. The number of hydrogen-bond acceptors (Lipinski definition) is 6. The van der Waals surface area contributed by atoms with Crippen molar-refractivity contribution in [2.75, 3.05) is 0 Å². The van der Waals surface area contributed by atoms with Crippen molar-refractivity contribution in [2.45, 2.75) is 19.1 Å². The molecule has 0 aliphatic heterocycles. The maximum atomic E-state index is 13.0. The summed E-state index contributed by atoms with van der Waals surface area (Å²) < 4.78 is 40.1. The molecule has 9 nitrogen and oxygen atoms in total. The van der Waals surface area contributed by atoms with Gasteiger partial charge in [-0.3, -0.25) is 9.59 Å². The molecule has 0 fully saturated rings. The van der Waals surface area contributed by atoms with Crippen LogP contribution in [0.25, 0.3) is 5.95 Å². The Labute approximate surface area is 172 Å². The summed E-state index contributed by atoms with van der Waals surface area (Å²) in [7, 11) is 0. The minimum atomic E-state index is -4.67. The molecule has 2 heterocycles. The average Bonchev–Trinajstić information content (AvgIpc) is 3.13. The Balaban J connectivity index is 1.93. The first-order valence-electron chi connectivity index (χ1n) is 8.29. The van der Waals surface area contributed by atoms with E-state index >= 15 is 0 Å². The van der Waals surface area contributed by atoms with Crippen LogP contribution in [0.15, 0.2) is 36.7 Å². The third kappa shape index (κ3) is 4.54. The number of carbonyl (C=O) groups excluding carboxylic acids is 2. The summed E-state index contributed by atoms with van der Waals surface area (Å²) in [6.45, 7) is 1.49. The first-order chi connectivity index (χ1) is 14.1. The summed E-state index contributed by atoms with van der Waals surface area (Å²) in [5.74, 6) is -2.02. The van der Waals surface area contributed by atoms with Crippen LogP contribution in [-0.4, -0.2) is 36.5 Å². The van der Waals surface area contributed by atoms with E-state index in [2.05, 4.69) is 25.4 Å². The van der Waals surface area contributed by atoms with E-state index in [9.17, 15) is 22.8 Å².